The number of hydrogen-bond donors (Lipinski definition) is 2. The molecule has 4 nitrogen and oxygen atoms in total. The van der Waals surface area contributed by atoms with Crippen molar-refractivity contribution in [3.05, 3.63) is 28.5 Å². The zero-order chi connectivity index (χ0) is 13.4. The van der Waals surface area contributed by atoms with Crippen LogP contribution in [0, 0.1) is 0 Å². The van der Waals surface area contributed by atoms with Gasteiger partial charge in [0.15, 0.2) is 0 Å². The maximum atomic E-state index is 11.9. The Bertz CT molecular complexity index is 396. The first-order chi connectivity index (χ1) is 8.67. The van der Waals surface area contributed by atoms with Gasteiger partial charge in [0.2, 0.25) is 0 Å². The van der Waals surface area contributed by atoms with E-state index in [9.17, 15) is 4.79 Å². The van der Waals surface area contributed by atoms with Crippen molar-refractivity contribution in [1.29, 1.82) is 0 Å². The minimum atomic E-state index is -0.103. The lowest BCUT2D eigenvalue weighted by molar-refractivity contribution is 0.0953. The van der Waals surface area contributed by atoms with Crippen molar-refractivity contribution in [2.24, 2.45) is 5.73 Å². The third kappa shape index (κ3) is 5.02. The summed E-state index contributed by atoms with van der Waals surface area (Å²) in [5, 5.41) is 3.22. The molecule has 1 aromatic heterocycles. The van der Waals surface area contributed by atoms with E-state index in [1.807, 2.05) is 0 Å². The third-order valence-corrected chi connectivity index (χ3v) is 2.73. The molecule has 0 saturated heterocycles. The molecule has 0 radical (unpaired) electrons. The average Bonchev–Trinajstić information content (AvgIpc) is 2.34. The van der Waals surface area contributed by atoms with Crippen molar-refractivity contribution in [2.45, 2.75) is 32.6 Å². The highest BCUT2D eigenvalue weighted by Gasteiger charge is 2.08. The van der Waals surface area contributed by atoms with E-state index in [1.165, 1.54) is 0 Å². The minimum absolute atomic E-state index is 0.103. The molecule has 100 valence electrons. The van der Waals surface area contributed by atoms with Gasteiger partial charge in [0, 0.05) is 17.8 Å². The van der Waals surface area contributed by atoms with Crippen LogP contribution in [0.2, 0.25) is 5.15 Å². The zero-order valence-corrected chi connectivity index (χ0v) is 11.5. The summed E-state index contributed by atoms with van der Waals surface area (Å²) in [7, 11) is 0. The Morgan fingerprint density at radius 1 is 1.44 bits per heavy atom. The number of halogens is 1. The number of hydrogen-bond acceptors (Lipinski definition) is 3. The van der Waals surface area contributed by atoms with Gasteiger partial charge in [-0.3, -0.25) is 4.79 Å². The zero-order valence-electron chi connectivity index (χ0n) is 10.7. The molecule has 0 aliphatic carbocycles. The van der Waals surface area contributed by atoms with E-state index in [1.54, 1.807) is 12.1 Å². The number of rotatable bonds is 7. The van der Waals surface area contributed by atoms with Crippen LogP contribution in [-0.2, 0) is 6.42 Å². The van der Waals surface area contributed by atoms with Crippen LogP contribution in [0.5, 0.6) is 0 Å². The monoisotopic (exact) mass is 269 g/mol. The Morgan fingerprint density at radius 2 is 2.22 bits per heavy atom. The molecular formula is C13H20ClN3O. The molecule has 1 heterocycles. The van der Waals surface area contributed by atoms with Crippen molar-refractivity contribution in [3.8, 4) is 0 Å². The quantitative estimate of drug-likeness (QED) is 0.589. The first kappa shape index (κ1) is 14.9. The highest BCUT2D eigenvalue weighted by atomic mass is 35.5. The van der Waals surface area contributed by atoms with Gasteiger partial charge in [0.1, 0.15) is 5.15 Å². The lowest BCUT2D eigenvalue weighted by Gasteiger charge is -2.07. The van der Waals surface area contributed by atoms with E-state index in [4.69, 9.17) is 17.3 Å². The van der Waals surface area contributed by atoms with Crippen LogP contribution in [0.4, 0.5) is 0 Å². The van der Waals surface area contributed by atoms with Crippen LogP contribution in [0.1, 0.15) is 42.2 Å². The van der Waals surface area contributed by atoms with Crippen molar-refractivity contribution < 1.29 is 4.79 Å². The number of carbonyl (C=O) groups excluding carboxylic acids is 1. The molecule has 1 aromatic rings. The number of nitrogens with one attached hydrogen (secondary N) is 1. The van der Waals surface area contributed by atoms with E-state index < -0.39 is 0 Å². The SMILES string of the molecule is CCCc1cc(C(=O)NCCCCN)cc(Cl)n1. The Labute approximate surface area is 113 Å². The second-order valence-corrected chi connectivity index (χ2v) is 4.56. The molecule has 18 heavy (non-hydrogen) atoms. The van der Waals surface area contributed by atoms with E-state index in [0.717, 1.165) is 31.4 Å². The lowest BCUT2D eigenvalue weighted by atomic mass is 10.1. The molecule has 1 amide bonds. The molecule has 0 aliphatic heterocycles. The number of nitrogens with zero attached hydrogens (tertiary/aromatic N) is 1. The normalized spacial score (nSPS) is 10.4. The van der Waals surface area contributed by atoms with Gasteiger partial charge in [0.25, 0.3) is 5.91 Å². The predicted molar refractivity (Wildman–Crippen MR) is 73.9 cm³/mol. The molecule has 0 spiro atoms. The molecule has 0 bridgehead atoms. The van der Waals surface area contributed by atoms with Crippen LogP contribution in [0.25, 0.3) is 0 Å². The molecule has 0 aromatic carbocycles. The smallest absolute Gasteiger partial charge is 0.251 e. The largest absolute Gasteiger partial charge is 0.352 e. The fraction of sp³-hybridized carbons (Fsp3) is 0.538. The van der Waals surface area contributed by atoms with Gasteiger partial charge in [-0.1, -0.05) is 24.9 Å². The average molecular weight is 270 g/mol. The summed E-state index contributed by atoms with van der Waals surface area (Å²) in [5.74, 6) is -0.103. The number of aryl methyl sites for hydroxylation is 1. The van der Waals surface area contributed by atoms with Gasteiger partial charge in [-0.2, -0.15) is 0 Å². The first-order valence-electron chi connectivity index (χ1n) is 6.32. The van der Waals surface area contributed by atoms with Gasteiger partial charge in [0.05, 0.1) is 0 Å². The molecule has 0 fully saturated rings. The fourth-order valence-electron chi connectivity index (χ4n) is 1.64. The maximum Gasteiger partial charge on any atom is 0.251 e. The van der Waals surface area contributed by atoms with Crippen LogP contribution in [0.15, 0.2) is 12.1 Å². The highest BCUT2D eigenvalue weighted by Crippen LogP contribution is 2.12. The number of nitrogens with two attached hydrogens (primary N) is 1. The highest BCUT2D eigenvalue weighted by molar-refractivity contribution is 6.29. The molecule has 3 N–H and O–H groups in total. The van der Waals surface area contributed by atoms with E-state index in [2.05, 4.69) is 17.2 Å². The summed E-state index contributed by atoms with van der Waals surface area (Å²) in [6.07, 6.45) is 3.61. The summed E-state index contributed by atoms with van der Waals surface area (Å²) in [5.41, 5.74) is 6.82. The summed E-state index contributed by atoms with van der Waals surface area (Å²) >= 11 is 5.91. The second-order valence-electron chi connectivity index (χ2n) is 4.17. The molecule has 5 heteroatoms. The van der Waals surface area contributed by atoms with Crippen LogP contribution in [0.3, 0.4) is 0 Å². The number of pyridine rings is 1. The van der Waals surface area contributed by atoms with Crippen molar-refractivity contribution in [3.63, 3.8) is 0 Å². The van der Waals surface area contributed by atoms with Crippen molar-refractivity contribution in [1.82, 2.24) is 10.3 Å². The van der Waals surface area contributed by atoms with Gasteiger partial charge >= 0.3 is 0 Å². The third-order valence-electron chi connectivity index (χ3n) is 2.53. The van der Waals surface area contributed by atoms with Crippen molar-refractivity contribution in [2.75, 3.05) is 13.1 Å². The number of carbonyl (C=O) groups is 1. The first-order valence-corrected chi connectivity index (χ1v) is 6.70. The number of aromatic nitrogens is 1. The summed E-state index contributed by atoms with van der Waals surface area (Å²) in [4.78, 5) is 16.1. The number of amides is 1. The minimum Gasteiger partial charge on any atom is -0.352 e. The Kier molecular flexibility index (Phi) is 6.68. The van der Waals surface area contributed by atoms with Gasteiger partial charge in [-0.05, 0) is 37.9 Å². The van der Waals surface area contributed by atoms with E-state index >= 15 is 0 Å². The summed E-state index contributed by atoms with van der Waals surface area (Å²) in [6, 6.07) is 3.40. The summed E-state index contributed by atoms with van der Waals surface area (Å²) in [6.45, 7) is 3.35. The second kappa shape index (κ2) is 8.06. The van der Waals surface area contributed by atoms with Crippen LogP contribution >= 0.6 is 11.6 Å². The standard InChI is InChI=1S/C13H20ClN3O/c1-2-5-11-8-10(9-12(14)17-11)13(18)16-7-4-3-6-15/h8-9H,2-7,15H2,1H3,(H,16,18). The molecule has 0 unspecified atom stereocenters. The fourth-order valence-corrected chi connectivity index (χ4v) is 1.87. The van der Waals surface area contributed by atoms with Crippen molar-refractivity contribution >= 4 is 17.5 Å². The maximum absolute atomic E-state index is 11.9. The van der Waals surface area contributed by atoms with Gasteiger partial charge in [-0.25, -0.2) is 4.98 Å². The predicted octanol–water partition coefficient (Wildman–Crippen LogP) is 2.16. The van der Waals surface area contributed by atoms with Gasteiger partial charge < -0.3 is 11.1 Å². The van der Waals surface area contributed by atoms with E-state index in [-0.39, 0.29) is 5.91 Å². The Balaban J connectivity index is 2.61. The Morgan fingerprint density at radius 3 is 2.89 bits per heavy atom. The topological polar surface area (TPSA) is 68.0 Å². The van der Waals surface area contributed by atoms with E-state index in [0.29, 0.717) is 23.8 Å². The molecule has 1 rings (SSSR count). The Hall–Kier alpha value is -1.13. The molecule has 0 aliphatic rings. The molecule has 0 saturated carbocycles. The van der Waals surface area contributed by atoms with Crippen LogP contribution < -0.4 is 11.1 Å². The number of unbranched alkanes of at least 4 members (excludes halogenated alkanes) is 1. The van der Waals surface area contributed by atoms with Crippen LogP contribution in [-0.4, -0.2) is 24.0 Å². The summed E-state index contributed by atoms with van der Waals surface area (Å²) < 4.78 is 0. The van der Waals surface area contributed by atoms with Gasteiger partial charge in [-0.15, -0.1) is 0 Å². The molecular weight excluding hydrogens is 250 g/mol. The molecule has 0 atom stereocenters. The lowest BCUT2D eigenvalue weighted by Crippen LogP contribution is -2.25.